The van der Waals surface area contributed by atoms with E-state index in [-0.39, 0.29) is 0 Å². The molecule has 26 heavy (non-hydrogen) atoms. The third kappa shape index (κ3) is 3.70. The van der Waals surface area contributed by atoms with Crippen LogP contribution in [0.15, 0.2) is 45.7 Å². The second kappa shape index (κ2) is 7.57. The highest BCUT2D eigenvalue weighted by atomic mass is 16.5. The van der Waals surface area contributed by atoms with Crippen molar-refractivity contribution in [2.24, 2.45) is 0 Å². The Hall–Kier alpha value is -2.87. The number of hydrogen-bond donors (Lipinski definition) is 0. The maximum atomic E-state index is 5.49. The number of furan rings is 1. The van der Waals surface area contributed by atoms with Crippen molar-refractivity contribution in [3.05, 3.63) is 42.7 Å². The lowest BCUT2D eigenvalue weighted by Crippen LogP contribution is -2.46. The van der Waals surface area contributed by atoms with Crippen molar-refractivity contribution >= 4 is 5.82 Å². The molecule has 0 amide bonds. The summed E-state index contributed by atoms with van der Waals surface area (Å²) in [6, 6.07) is 7.70. The first-order valence-electron chi connectivity index (χ1n) is 8.74. The molecule has 0 spiro atoms. The highest BCUT2D eigenvalue weighted by Gasteiger charge is 2.20. The summed E-state index contributed by atoms with van der Waals surface area (Å²) in [7, 11) is 0. The lowest BCUT2D eigenvalue weighted by atomic mass is 10.3. The zero-order valence-electron chi connectivity index (χ0n) is 14.7. The highest BCUT2D eigenvalue weighted by Crippen LogP contribution is 2.19. The van der Waals surface area contributed by atoms with Gasteiger partial charge in [-0.3, -0.25) is 4.90 Å². The van der Waals surface area contributed by atoms with Gasteiger partial charge >= 0.3 is 0 Å². The van der Waals surface area contributed by atoms with Crippen molar-refractivity contribution in [1.29, 1.82) is 0 Å². The van der Waals surface area contributed by atoms with Crippen LogP contribution >= 0.6 is 0 Å². The topological polar surface area (TPSA) is 80.7 Å². The van der Waals surface area contributed by atoms with E-state index in [1.54, 1.807) is 12.5 Å². The number of aromatic nitrogens is 3. The summed E-state index contributed by atoms with van der Waals surface area (Å²) in [5.41, 5.74) is 0.824. The quantitative estimate of drug-likeness (QED) is 0.667. The Morgan fingerprint density at radius 2 is 2.00 bits per heavy atom. The fourth-order valence-electron chi connectivity index (χ4n) is 2.96. The fourth-order valence-corrected chi connectivity index (χ4v) is 2.96. The van der Waals surface area contributed by atoms with E-state index >= 15 is 0 Å². The predicted molar refractivity (Wildman–Crippen MR) is 94.9 cm³/mol. The molecule has 8 heteroatoms. The molecule has 4 rings (SSSR count). The molecule has 8 nitrogen and oxygen atoms in total. The first-order chi connectivity index (χ1) is 12.8. The van der Waals surface area contributed by atoms with Gasteiger partial charge in [0.1, 0.15) is 12.1 Å². The van der Waals surface area contributed by atoms with E-state index in [9.17, 15) is 0 Å². The Bertz CT molecular complexity index is 825. The minimum absolute atomic E-state index is 0.560. The summed E-state index contributed by atoms with van der Waals surface area (Å²) >= 11 is 0. The maximum Gasteiger partial charge on any atom is 0.241 e. The molecule has 1 aliphatic heterocycles. The summed E-state index contributed by atoms with van der Waals surface area (Å²) in [6.45, 7) is 6.83. The zero-order valence-corrected chi connectivity index (χ0v) is 14.7. The van der Waals surface area contributed by atoms with Crippen LogP contribution in [0.1, 0.15) is 12.8 Å². The van der Waals surface area contributed by atoms with E-state index in [0.717, 1.165) is 37.6 Å². The average molecular weight is 355 g/mol. The average Bonchev–Trinajstić information content (AvgIpc) is 3.34. The van der Waals surface area contributed by atoms with Gasteiger partial charge in [0.05, 0.1) is 25.0 Å². The van der Waals surface area contributed by atoms with Crippen molar-refractivity contribution in [1.82, 2.24) is 20.0 Å². The molecule has 1 fully saturated rings. The van der Waals surface area contributed by atoms with Gasteiger partial charge in [0, 0.05) is 32.2 Å². The molecule has 3 aromatic heterocycles. The predicted octanol–water partition coefficient (Wildman–Crippen LogP) is 2.45. The van der Waals surface area contributed by atoms with Crippen molar-refractivity contribution in [2.75, 3.05) is 37.7 Å². The number of pyridine rings is 1. The van der Waals surface area contributed by atoms with Crippen molar-refractivity contribution < 1.29 is 13.7 Å². The zero-order chi connectivity index (χ0) is 17.8. The molecule has 0 N–H and O–H groups in total. The molecule has 0 aliphatic carbocycles. The molecule has 0 atom stereocenters. The first kappa shape index (κ1) is 16.6. The normalized spacial score (nSPS) is 15.3. The molecule has 0 radical (unpaired) electrons. The lowest BCUT2D eigenvalue weighted by molar-refractivity contribution is 0.215. The number of rotatable bonds is 6. The number of nitrogens with zero attached hydrogens (tertiary/aromatic N) is 5. The van der Waals surface area contributed by atoms with Crippen LogP contribution < -0.4 is 9.64 Å². The largest absolute Gasteiger partial charge is 0.478 e. The molecule has 0 unspecified atom stereocenters. The molecule has 1 aliphatic rings. The molecule has 136 valence electrons. The molecule has 0 aromatic carbocycles. The van der Waals surface area contributed by atoms with Crippen LogP contribution in [0.2, 0.25) is 0 Å². The molecule has 4 heterocycles. The van der Waals surface area contributed by atoms with Crippen molar-refractivity contribution in [3.8, 4) is 17.3 Å². The molecular formula is C18H21N5O3. The van der Waals surface area contributed by atoms with Crippen LogP contribution in [0.4, 0.5) is 5.82 Å². The van der Waals surface area contributed by atoms with Crippen molar-refractivity contribution in [2.45, 2.75) is 13.5 Å². The summed E-state index contributed by atoms with van der Waals surface area (Å²) in [5, 5.41) is 4.01. The number of ether oxygens (including phenoxy) is 1. The van der Waals surface area contributed by atoms with Gasteiger partial charge in [-0.1, -0.05) is 11.2 Å². The number of hydrogen-bond acceptors (Lipinski definition) is 8. The van der Waals surface area contributed by atoms with Gasteiger partial charge < -0.3 is 18.6 Å². The van der Waals surface area contributed by atoms with Gasteiger partial charge in [0.25, 0.3) is 0 Å². The standard InChI is InChI=1S/C18H21N5O3/c1-2-25-16-5-3-4-15(19-16)23-9-7-22(8-10-23)12-17-20-18(21-26-17)14-6-11-24-13-14/h3-6,11,13H,2,7-10,12H2,1H3. The molecule has 1 saturated heterocycles. The first-order valence-corrected chi connectivity index (χ1v) is 8.74. The minimum Gasteiger partial charge on any atom is -0.478 e. The van der Waals surface area contributed by atoms with Crippen LogP contribution in [0.3, 0.4) is 0 Å². The van der Waals surface area contributed by atoms with E-state index in [2.05, 4.69) is 24.9 Å². The SMILES string of the molecule is CCOc1cccc(N2CCN(Cc3nc(-c4ccoc4)no3)CC2)n1. The fraction of sp³-hybridized carbons (Fsp3) is 0.389. The van der Waals surface area contributed by atoms with Gasteiger partial charge in [0.2, 0.25) is 17.6 Å². The Kier molecular flexibility index (Phi) is 4.83. The second-order valence-electron chi connectivity index (χ2n) is 6.05. The van der Waals surface area contributed by atoms with Crippen LogP contribution in [-0.2, 0) is 6.54 Å². The third-order valence-electron chi connectivity index (χ3n) is 4.30. The molecule has 3 aromatic rings. The summed E-state index contributed by atoms with van der Waals surface area (Å²) in [4.78, 5) is 13.6. The monoisotopic (exact) mass is 355 g/mol. The lowest BCUT2D eigenvalue weighted by Gasteiger charge is -2.34. The van der Waals surface area contributed by atoms with Gasteiger partial charge in [-0.2, -0.15) is 9.97 Å². The van der Waals surface area contributed by atoms with Crippen LogP contribution in [0, 0.1) is 0 Å². The van der Waals surface area contributed by atoms with Gasteiger partial charge in [0.15, 0.2) is 0 Å². The van der Waals surface area contributed by atoms with Crippen LogP contribution in [-0.4, -0.2) is 52.8 Å². The smallest absolute Gasteiger partial charge is 0.241 e. The molecule has 0 bridgehead atoms. The number of piperazine rings is 1. The Morgan fingerprint density at radius 3 is 2.77 bits per heavy atom. The summed E-state index contributed by atoms with van der Waals surface area (Å²) in [6.07, 6.45) is 3.20. The van der Waals surface area contributed by atoms with Crippen molar-refractivity contribution in [3.63, 3.8) is 0 Å². The van der Waals surface area contributed by atoms with E-state index in [1.165, 1.54) is 0 Å². The van der Waals surface area contributed by atoms with Crippen LogP contribution in [0.25, 0.3) is 11.4 Å². The van der Waals surface area contributed by atoms with Crippen LogP contribution in [0.5, 0.6) is 5.88 Å². The van der Waals surface area contributed by atoms with E-state index in [1.807, 2.05) is 31.2 Å². The summed E-state index contributed by atoms with van der Waals surface area (Å²) in [5.74, 6) is 2.80. The second-order valence-corrected chi connectivity index (χ2v) is 6.05. The van der Waals surface area contributed by atoms with E-state index in [0.29, 0.717) is 30.7 Å². The highest BCUT2D eigenvalue weighted by molar-refractivity contribution is 5.51. The Balaban J connectivity index is 1.33. The number of anilines is 1. The Morgan fingerprint density at radius 1 is 1.12 bits per heavy atom. The third-order valence-corrected chi connectivity index (χ3v) is 4.30. The van der Waals surface area contributed by atoms with E-state index < -0.39 is 0 Å². The summed E-state index contributed by atoms with van der Waals surface area (Å²) < 4.78 is 15.9. The van der Waals surface area contributed by atoms with Gasteiger partial charge in [-0.05, 0) is 19.1 Å². The maximum absolute atomic E-state index is 5.49. The Labute approximate surface area is 151 Å². The minimum atomic E-state index is 0.560. The van der Waals surface area contributed by atoms with Gasteiger partial charge in [-0.25, -0.2) is 0 Å². The van der Waals surface area contributed by atoms with Gasteiger partial charge in [-0.15, -0.1) is 0 Å². The molecular weight excluding hydrogens is 334 g/mol. The molecule has 0 saturated carbocycles. The van der Waals surface area contributed by atoms with E-state index in [4.69, 9.17) is 13.7 Å².